The highest BCUT2D eigenvalue weighted by molar-refractivity contribution is 5.93. The lowest BCUT2D eigenvalue weighted by molar-refractivity contribution is -0.0196. The molecule has 0 saturated carbocycles. The Hall–Kier alpha value is -1.66. The quantitative estimate of drug-likeness (QED) is 0.790. The molecule has 1 aliphatic heterocycles. The Morgan fingerprint density at radius 3 is 3.11 bits per heavy atom. The lowest BCUT2D eigenvalue weighted by Crippen LogP contribution is -2.49. The van der Waals surface area contributed by atoms with Crippen LogP contribution in [0.5, 0.6) is 0 Å². The number of morpholine rings is 1. The SMILES string of the molecule is CNCC1CN(C(=O)c2c[nH]c(C)cc2=O)CCO1. The summed E-state index contributed by atoms with van der Waals surface area (Å²) in [4.78, 5) is 28.7. The molecular formula is C13H19N3O3. The first kappa shape index (κ1) is 13.8. The fourth-order valence-electron chi connectivity index (χ4n) is 2.17. The van der Waals surface area contributed by atoms with Crippen LogP contribution in [0.25, 0.3) is 0 Å². The van der Waals surface area contributed by atoms with E-state index in [0.29, 0.717) is 26.2 Å². The van der Waals surface area contributed by atoms with E-state index in [1.165, 1.54) is 12.3 Å². The summed E-state index contributed by atoms with van der Waals surface area (Å²) < 4.78 is 5.54. The molecule has 1 amide bonds. The molecule has 0 aromatic carbocycles. The summed E-state index contributed by atoms with van der Waals surface area (Å²) in [6.45, 7) is 4.00. The van der Waals surface area contributed by atoms with E-state index < -0.39 is 0 Å². The molecule has 0 spiro atoms. The largest absolute Gasteiger partial charge is 0.373 e. The van der Waals surface area contributed by atoms with Crippen LogP contribution in [-0.2, 0) is 4.74 Å². The van der Waals surface area contributed by atoms with Gasteiger partial charge in [0.15, 0.2) is 5.43 Å². The Balaban J connectivity index is 2.12. The Bertz CT molecular complexity index is 510. The van der Waals surface area contributed by atoms with Crippen molar-refractivity contribution in [1.82, 2.24) is 15.2 Å². The van der Waals surface area contributed by atoms with Gasteiger partial charge in [0.05, 0.1) is 12.7 Å². The number of amides is 1. The van der Waals surface area contributed by atoms with Crippen molar-refractivity contribution in [2.75, 3.05) is 33.3 Å². The number of aromatic nitrogens is 1. The highest BCUT2D eigenvalue weighted by Gasteiger charge is 2.25. The molecule has 19 heavy (non-hydrogen) atoms. The maximum atomic E-state index is 12.3. The topological polar surface area (TPSA) is 74.4 Å². The van der Waals surface area contributed by atoms with Gasteiger partial charge in [-0.25, -0.2) is 0 Å². The molecule has 6 heteroatoms. The number of hydrogen-bond donors (Lipinski definition) is 2. The van der Waals surface area contributed by atoms with Crippen LogP contribution in [0.4, 0.5) is 0 Å². The van der Waals surface area contributed by atoms with Crippen LogP contribution < -0.4 is 10.7 Å². The van der Waals surface area contributed by atoms with Crippen molar-refractivity contribution >= 4 is 5.91 Å². The second-order valence-electron chi connectivity index (χ2n) is 4.70. The van der Waals surface area contributed by atoms with Gasteiger partial charge in [-0.2, -0.15) is 0 Å². The zero-order chi connectivity index (χ0) is 13.8. The van der Waals surface area contributed by atoms with E-state index in [9.17, 15) is 9.59 Å². The minimum Gasteiger partial charge on any atom is -0.373 e. The first-order chi connectivity index (χ1) is 9.11. The van der Waals surface area contributed by atoms with Gasteiger partial charge in [0, 0.05) is 37.6 Å². The number of aryl methyl sites for hydroxylation is 1. The van der Waals surface area contributed by atoms with E-state index in [1.54, 1.807) is 11.8 Å². The summed E-state index contributed by atoms with van der Waals surface area (Å²) in [6, 6.07) is 1.44. The Morgan fingerprint density at radius 1 is 1.63 bits per heavy atom. The lowest BCUT2D eigenvalue weighted by atomic mass is 10.2. The molecule has 1 aliphatic rings. The molecule has 1 saturated heterocycles. The van der Waals surface area contributed by atoms with Crippen LogP contribution in [0.2, 0.25) is 0 Å². The number of likely N-dealkylation sites (N-methyl/N-ethyl adjacent to an activating group) is 1. The number of nitrogens with one attached hydrogen (secondary N) is 2. The number of aromatic amines is 1. The number of carbonyl (C=O) groups is 1. The average Bonchev–Trinajstić information content (AvgIpc) is 2.39. The van der Waals surface area contributed by atoms with Crippen LogP contribution >= 0.6 is 0 Å². The third-order valence-corrected chi connectivity index (χ3v) is 3.15. The molecule has 104 valence electrons. The zero-order valence-electron chi connectivity index (χ0n) is 11.2. The van der Waals surface area contributed by atoms with Gasteiger partial charge in [-0.3, -0.25) is 9.59 Å². The molecule has 6 nitrogen and oxygen atoms in total. The first-order valence-electron chi connectivity index (χ1n) is 6.36. The Morgan fingerprint density at radius 2 is 2.42 bits per heavy atom. The summed E-state index contributed by atoms with van der Waals surface area (Å²) in [5, 5.41) is 3.02. The van der Waals surface area contributed by atoms with Crippen molar-refractivity contribution in [2.45, 2.75) is 13.0 Å². The van der Waals surface area contributed by atoms with E-state index in [0.717, 1.165) is 5.69 Å². The smallest absolute Gasteiger partial charge is 0.259 e. The van der Waals surface area contributed by atoms with Gasteiger partial charge in [-0.15, -0.1) is 0 Å². The standard InChI is InChI=1S/C13H19N3O3/c1-9-5-12(17)11(7-15-9)13(18)16-3-4-19-10(8-16)6-14-2/h5,7,10,14H,3-4,6,8H2,1-2H3,(H,15,17). The molecule has 1 aromatic rings. The molecule has 2 rings (SSSR count). The molecule has 1 unspecified atom stereocenters. The van der Waals surface area contributed by atoms with Crippen molar-refractivity contribution < 1.29 is 9.53 Å². The predicted octanol–water partition coefficient (Wildman–Crippen LogP) is -0.256. The third-order valence-electron chi connectivity index (χ3n) is 3.15. The highest BCUT2D eigenvalue weighted by Crippen LogP contribution is 2.08. The van der Waals surface area contributed by atoms with Crippen LogP contribution in [0.15, 0.2) is 17.1 Å². The molecule has 1 atom stereocenters. The van der Waals surface area contributed by atoms with Crippen molar-refractivity contribution in [3.8, 4) is 0 Å². The second-order valence-corrected chi connectivity index (χ2v) is 4.70. The summed E-state index contributed by atoms with van der Waals surface area (Å²) in [6.07, 6.45) is 1.47. The number of H-pyrrole nitrogens is 1. The molecule has 1 fully saturated rings. The number of hydrogen-bond acceptors (Lipinski definition) is 4. The predicted molar refractivity (Wildman–Crippen MR) is 71.4 cm³/mol. The van der Waals surface area contributed by atoms with Gasteiger partial charge >= 0.3 is 0 Å². The summed E-state index contributed by atoms with van der Waals surface area (Å²) in [5.41, 5.74) is 0.699. The van der Waals surface area contributed by atoms with Gasteiger partial charge in [0.2, 0.25) is 0 Å². The summed E-state index contributed by atoms with van der Waals surface area (Å²) in [7, 11) is 1.84. The van der Waals surface area contributed by atoms with Crippen LogP contribution in [0, 0.1) is 6.92 Å². The molecule has 2 N–H and O–H groups in total. The summed E-state index contributed by atoms with van der Waals surface area (Å²) >= 11 is 0. The van der Waals surface area contributed by atoms with E-state index in [-0.39, 0.29) is 23.0 Å². The number of nitrogens with zero attached hydrogens (tertiary/aromatic N) is 1. The monoisotopic (exact) mass is 265 g/mol. The number of rotatable bonds is 3. The fourth-order valence-corrected chi connectivity index (χ4v) is 2.17. The number of carbonyl (C=O) groups excluding carboxylic acids is 1. The highest BCUT2D eigenvalue weighted by atomic mass is 16.5. The zero-order valence-corrected chi connectivity index (χ0v) is 11.2. The van der Waals surface area contributed by atoms with E-state index >= 15 is 0 Å². The normalized spacial score (nSPS) is 19.5. The molecule has 1 aromatic heterocycles. The van der Waals surface area contributed by atoms with Crippen molar-refractivity contribution in [1.29, 1.82) is 0 Å². The number of pyridine rings is 1. The van der Waals surface area contributed by atoms with E-state index in [4.69, 9.17) is 4.74 Å². The van der Waals surface area contributed by atoms with Gasteiger partial charge in [-0.1, -0.05) is 0 Å². The van der Waals surface area contributed by atoms with Crippen molar-refractivity contribution in [2.24, 2.45) is 0 Å². The van der Waals surface area contributed by atoms with Crippen molar-refractivity contribution in [3.05, 3.63) is 33.7 Å². The maximum Gasteiger partial charge on any atom is 0.259 e. The van der Waals surface area contributed by atoms with E-state index in [2.05, 4.69) is 10.3 Å². The van der Waals surface area contributed by atoms with Crippen LogP contribution in [-0.4, -0.2) is 55.2 Å². The van der Waals surface area contributed by atoms with Gasteiger partial charge in [0.1, 0.15) is 5.56 Å². The maximum absolute atomic E-state index is 12.3. The summed E-state index contributed by atoms with van der Waals surface area (Å²) in [5.74, 6) is -0.231. The average molecular weight is 265 g/mol. The molecule has 0 bridgehead atoms. The molecule has 0 radical (unpaired) electrons. The van der Waals surface area contributed by atoms with Gasteiger partial charge in [0.25, 0.3) is 5.91 Å². The van der Waals surface area contributed by atoms with E-state index in [1.807, 2.05) is 7.05 Å². The van der Waals surface area contributed by atoms with Gasteiger partial charge in [-0.05, 0) is 14.0 Å². The lowest BCUT2D eigenvalue weighted by Gasteiger charge is -2.32. The second kappa shape index (κ2) is 5.99. The van der Waals surface area contributed by atoms with Gasteiger partial charge < -0.3 is 19.9 Å². The molecule has 0 aliphatic carbocycles. The Labute approximate surface area is 111 Å². The minimum absolute atomic E-state index is 0.0211. The molecule has 2 heterocycles. The molecular weight excluding hydrogens is 246 g/mol. The fraction of sp³-hybridized carbons (Fsp3) is 0.538. The van der Waals surface area contributed by atoms with Crippen LogP contribution in [0.3, 0.4) is 0 Å². The van der Waals surface area contributed by atoms with Crippen LogP contribution in [0.1, 0.15) is 16.1 Å². The Kier molecular flexibility index (Phi) is 4.34. The first-order valence-corrected chi connectivity index (χ1v) is 6.36. The van der Waals surface area contributed by atoms with Crippen molar-refractivity contribution in [3.63, 3.8) is 0 Å². The third kappa shape index (κ3) is 3.21. The minimum atomic E-state index is -0.238. The number of ether oxygens (including phenoxy) is 1.